The van der Waals surface area contributed by atoms with Crippen LogP contribution in [0.15, 0.2) is 12.1 Å². The molecular weight excluding hydrogens is 362 g/mol. The van der Waals surface area contributed by atoms with Crippen molar-refractivity contribution < 1.29 is 14.2 Å². The first kappa shape index (κ1) is 20.6. The van der Waals surface area contributed by atoms with Crippen LogP contribution in [0.5, 0.6) is 17.2 Å². The first-order valence-corrected chi connectivity index (χ1v) is 10.1. The summed E-state index contributed by atoms with van der Waals surface area (Å²) in [7, 11) is 4.99. The molecule has 0 spiro atoms. The Kier molecular flexibility index (Phi) is 6.17. The number of hydrogen-bond donors (Lipinski definition) is 1. The molecule has 1 aromatic rings. The van der Waals surface area contributed by atoms with Gasteiger partial charge in [0, 0.05) is 12.6 Å². The van der Waals surface area contributed by atoms with Gasteiger partial charge in [-0.15, -0.1) is 12.4 Å². The van der Waals surface area contributed by atoms with Gasteiger partial charge in [0.15, 0.2) is 11.5 Å². The summed E-state index contributed by atoms with van der Waals surface area (Å²) in [5, 5.41) is 3.84. The zero-order valence-corrected chi connectivity index (χ0v) is 17.9. The lowest BCUT2D eigenvalue weighted by molar-refractivity contribution is -0.0706. The van der Waals surface area contributed by atoms with Gasteiger partial charge in [0.1, 0.15) is 0 Å². The van der Waals surface area contributed by atoms with E-state index in [-0.39, 0.29) is 12.4 Å². The Morgan fingerprint density at radius 2 is 1.41 bits per heavy atom. The smallest absolute Gasteiger partial charge is 0.203 e. The van der Waals surface area contributed by atoms with E-state index in [1.807, 2.05) is 0 Å². The topological polar surface area (TPSA) is 39.7 Å². The van der Waals surface area contributed by atoms with Crippen LogP contribution in [0.1, 0.15) is 51.0 Å². The number of nitrogens with one attached hydrogen (secondary N) is 1. The van der Waals surface area contributed by atoms with Gasteiger partial charge in [-0.3, -0.25) is 0 Å². The van der Waals surface area contributed by atoms with Gasteiger partial charge in [-0.05, 0) is 86.3 Å². The minimum absolute atomic E-state index is 0. The molecule has 0 radical (unpaired) electrons. The summed E-state index contributed by atoms with van der Waals surface area (Å²) in [5.41, 5.74) is 1.70. The average molecular weight is 396 g/mol. The Balaban J connectivity index is 0.00000210. The van der Waals surface area contributed by atoms with Crippen LogP contribution in [0.3, 0.4) is 0 Å². The van der Waals surface area contributed by atoms with E-state index in [0.717, 1.165) is 35.8 Å². The molecule has 1 aromatic carbocycles. The monoisotopic (exact) mass is 395 g/mol. The summed E-state index contributed by atoms with van der Waals surface area (Å²) in [6.07, 6.45) is 8.80. The first-order chi connectivity index (χ1) is 12.6. The fourth-order valence-electron chi connectivity index (χ4n) is 6.43. The van der Waals surface area contributed by atoms with Crippen LogP contribution in [0.4, 0.5) is 0 Å². The number of benzene rings is 1. The first-order valence-electron chi connectivity index (χ1n) is 10.1. The van der Waals surface area contributed by atoms with Crippen molar-refractivity contribution >= 4 is 12.4 Å². The lowest BCUT2D eigenvalue weighted by Gasteiger charge is -2.59. The molecular formula is C22H34ClNO3. The van der Waals surface area contributed by atoms with Crippen LogP contribution in [-0.2, 0) is 6.54 Å². The normalized spacial score (nSPS) is 31.9. The molecule has 4 aliphatic rings. The Morgan fingerprint density at radius 3 is 1.81 bits per heavy atom. The molecule has 1 atom stereocenters. The zero-order chi connectivity index (χ0) is 18.3. The number of hydrogen-bond acceptors (Lipinski definition) is 4. The second-order valence-electron chi connectivity index (χ2n) is 8.92. The van der Waals surface area contributed by atoms with Crippen molar-refractivity contribution in [2.45, 2.75) is 58.0 Å². The molecule has 1 N–H and O–H groups in total. The van der Waals surface area contributed by atoms with E-state index in [1.165, 1.54) is 44.1 Å². The molecule has 0 heterocycles. The molecule has 5 rings (SSSR count). The minimum Gasteiger partial charge on any atom is -0.493 e. The molecule has 0 aromatic heterocycles. The molecule has 27 heavy (non-hydrogen) atoms. The van der Waals surface area contributed by atoms with Gasteiger partial charge in [0.25, 0.3) is 0 Å². The maximum atomic E-state index is 5.49. The molecule has 4 aliphatic carbocycles. The van der Waals surface area contributed by atoms with Crippen molar-refractivity contribution in [3.8, 4) is 17.2 Å². The van der Waals surface area contributed by atoms with Gasteiger partial charge in [0.05, 0.1) is 21.3 Å². The standard InChI is InChI=1S/C22H33NO3.ClH/c1-14(22-10-15-5-16(11-22)7-17(6-15)12-22)23-13-18-8-19(24-2)21(26-4)20(9-18)25-3;/h8-9,14-17,23H,5-7,10-13H2,1-4H3;1H. The van der Waals surface area contributed by atoms with E-state index >= 15 is 0 Å². The molecule has 0 aliphatic heterocycles. The van der Waals surface area contributed by atoms with Gasteiger partial charge in [-0.1, -0.05) is 0 Å². The third-order valence-corrected chi connectivity index (χ3v) is 7.34. The van der Waals surface area contributed by atoms with Crippen molar-refractivity contribution in [3.63, 3.8) is 0 Å². The van der Waals surface area contributed by atoms with Crippen LogP contribution in [0.2, 0.25) is 0 Å². The molecule has 5 heteroatoms. The highest BCUT2D eigenvalue weighted by molar-refractivity contribution is 5.85. The maximum absolute atomic E-state index is 5.49. The molecule has 4 nitrogen and oxygen atoms in total. The summed E-state index contributed by atoms with van der Waals surface area (Å²) in [5.74, 6) is 5.09. The summed E-state index contributed by atoms with van der Waals surface area (Å²) >= 11 is 0. The third-order valence-electron chi connectivity index (χ3n) is 7.34. The van der Waals surface area contributed by atoms with E-state index < -0.39 is 0 Å². The highest BCUT2D eigenvalue weighted by atomic mass is 35.5. The molecule has 152 valence electrons. The van der Waals surface area contributed by atoms with E-state index in [9.17, 15) is 0 Å². The highest BCUT2D eigenvalue weighted by Gasteiger charge is 2.52. The Bertz CT molecular complexity index is 603. The summed E-state index contributed by atoms with van der Waals surface area (Å²) < 4.78 is 16.4. The predicted molar refractivity (Wildman–Crippen MR) is 110 cm³/mol. The van der Waals surface area contributed by atoms with Crippen LogP contribution < -0.4 is 19.5 Å². The second kappa shape index (κ2) is 8.08. The third kappa shape index (κ3) is 3.75. The maximum Gasteiger partial charge on any atom is 0.203 e. The molecule has 0 amide bonds. The SMILES string of the molecule is COc1cc(CNC(C)C23CC4CC(CC(C4)C2)C3)cc(OC)c1OC.Cl. The summed E-state index contributed by atoms with van der Waals surface area (Å²) in [6.45, 7) is 3.24. The van der Waals surface area contributed by atoms with Crippen LogP contribution in [0, 0.1) is 23.2 Å². The van der Waals surface area contributed by atoms with Gasteiger partial charge >= 0.3 is 0 Å². The minimum atomic E-state index is 0. The average Bonchev–Trinajstić information content (AvgIpc) is 2.63. The Morgan fingerprint density at radius 1 is 0.926 bits per heavy atom. The second-order valence-corrected chi connectivity index (χ2v) is 8.92. The summed E-state index contributed by atoms with van der Waals surface area (Å²) in [6, 6.07) is 4.66. The number of rotatable bonds is 7. The number of ether oxygens (including phenoxy) is 3. The van der Waals surface area contributed by atoms with Crippen molar-refractivity contribution in [2.24, 2.45) is 23.2 Å². The van der Waals surface area contributed by atoms with E-state index in [4.69, 9.17) is 14.2 Å². The molecule has 1 unspecified atom stereocenters. The van der Waals surface area contributed by atoms with Crippen LogP contribution in [0.25, 0.3) is 0 Å². The van der Waals surface area contributed by atoms with E-state index in [1.54, 1.807) is 21.3 Å². The van der Waals surface area contributed by atoms with Crippen LogP contribution >= 0.6 is 12.4 Å². The Hall–Kier alpha value is -1.13. The van der Waals surface area contributed by atoms with Gasteiger partial charge in [-0.25, -0.2) is 0 Å². The lowest BCUT2D eigenvalue weighted by atomic mass is 9.48. The van der Waals surface area contributed by atoms with Crippen molar-refractivity contribution in [2.75, 3.05) is 21.3 Å². The lowest BCUT2D eigenvalue weighted by Crippen LogP contribution is -2.54. The number of halogens is 1. The quantitative estimate of drug-likeness (QED) is 0.717. The molecule has 0 saturated heterocycles. The van der Waals surface area contributed by atoms with E-state index in [0.29, 0.717) is 17.2 Å². The Labute approximate surface area is 169 Å². The fourth-order valence-corrected chi connectivity index (χ4v) is 6.43. The predicted octanol–water partition coefficient (Wildman–Crippen LogP) is 4.83. The summed E-state index contributed by atoms with van der Waals surface area (Å²) in [4.78, 5) is 0. The number of methoxy groups -OCH3 is 3. The largest absolute Gasteiger partial charge is 0.493 e. The van der Waals surface area contributed by atoms with Crippen molar-refractivity contribution in [1.29, 1.82) is 0 Å². The van der Waals surface area contributed by atoms with Gasteiger partial charge < -0.3 is 19.5 Å². The molecule has 4 bridgehead atoms. The molecule has 4 fully saturated rings. The van der Waals surface area contributed by atoms with Gasteiger partial charge in [0.2, 0.25) is 5.75 Å². The van der Waals surface area contributed by atoms with Crippen LogP contribution in [-0.4, -0.2) is 27.4 Å². The fraction of sp³-hybridized carbons (Fsp3) is 0.727. The van der Waals surface area contributed by atoms with Gasteiger partial charge in [-0.2, -0.15) is 0 Å². The van der Waals surface area contributed by atoms with E-state index in [2.05, 4.69) is 24.4 Å². The zero-order valence-electron chi connectivity index (χ0n) is 17.0. The van der Waals surface area contributed by atoms with Crippen molar-refractivity contribution in [1.82, 2.24) is 5.32 Å². The highest BCUT2D eigenvalue weighted by Crippen LogP contribution is 2.61. The molecule has 4 saturated carbocycles. The van der Waals surface area contributed by atoms with Crippen molar-refractivity contribution in [3.05, 3.63) is 17.7 Å².